The van der Waals surface area contributed by atoms with Crippen LogP contribution in [0.3, 0.4) is 0 Å². The van der Waals surface area contributed by atoms with Crippen molar-refractivity contribution in [3.63, 3.8) is 0 Å². The number of hydrogen-bond acceptors (Lipinski definition) is 2. The molecule has 2 atom stereocenters. The molecule has 0 fully saturated rings. The van der Waals surface area contributed by atoms with Gasteiger partial charge in [-0.25, -0.2) is 0 Å². The van der Waals surface area contributed by atoms with Crippen LogP contribution in [0.1, 0.15) is 26.2 Å². The number of carbonyl (C=O) groups is 2. The lowest BCUT2D eigenvalue weighted by Gasteiger charge is -2.13. The zero-order valence-electron chi connectivity index (χ0n) is 8.85. The summed E-state index contributed by atoms with van der Waals surface area (Å²) in [5.41, 5.74) is 0. The van der Waals surface area contributed by atoms with Crippen LogP contribution in [0.15, 0.2) is 24.3 Å². The van der Waals surface area contributed by atoms with E-state index in [0.29, 0.717) is 6.42 Å². The highest BCUT2D eigenvalue weighted by Crippen LogP contribution is 2.28. The number of rotatable bonds is 5. The van der Waals surface area contributed by atoms with Crippen LogP contribution >= 0.6 is 0 Å². The Hall–Kier alpha value is -1.38. The Kier molecular flexibility index (Phi) is 4.28. The Labute approximate surface area is 89.5 Å². The van der Waals surface area contributed by atoms with Crippen molar-refractivity contribution in [1.29, 1.82) is 0 Å². The Morgan fingerprint density at radius 2 is 2.27 bits per heavy atom. The number of ketones is 1. The van der Waals surface area contributed by atoms with Crippen LogP contribution in [0, 0.1) is 11.8 Å². The van der Waals surface area contributed by atoms with Gasteiger partial charge in [0.25, 0.3) is 0 Å². The molecule has 0 aliphatic heterocycles. The highest BCUT2D eigenvalue weighted by Gasteiger charge is 2.30. The molecule has 82 valence electrons. The van der Waals surface area contributed by atoms with Crippen molar-refractivity contribution in [3.8, 4) is 0 Å². The van der Waals surface area contributed by atoms with E-state index >= 15 is 0 Å². The van der Waals surface area contributed by atoms with E-state index in [1.807, 2.05) is 19.1 Å². The van der Waals surface area contributed by atoms with Gasteiger partial charge >= 0.3 is 5.97 Å². The summed E-state index contributed by atoms with van der Waals surface area (Å²) in [6.07, 6.45) is 8.84. The number of hydrogen-bond donors (Lipinski definition) is 1. The van der Waals surface area contributed by atoms with Gasteiger partial charge in [-0.05, 0) is 24.8 Å². The SMILES string of the molecule is CC/C=C\CC1C(=O)C=CC1CC(=O)O. The maximum Gasteiger partial charge on any atom is 0.303 e. The summed E-state index contributed by atoms with van der Waals surface area (Å²) in [6.45, 7) is 2.03. The quantitative estimate of drug-likeness (QED) is 0.704. The fourth-order valence-electron chi connectivity index (χ4n) is 1.80. The molecule has 0 saturated carbocycles. The number of carboxylic acids is 1. The predicted molar refractivity (Wildman–Crippen MR) is 57.4 cm³/mol. The molecular formula is C12H16O3. The van der Waals surface area contributed by atoms with Gasteiger partial charge in [0.1, 0.15) is 0 Å². The van der Waals surface area contributed by atoms with Gasteiger partial charge in [-0.1, -0.05) is 25.2 Å². The average Bonchev–Trinajstić information content (AvgIpc) is 2.49. The molecule has 2 unspecified atom stereocenters. The molecule has 0 aromatic heterocycles. The Balaban J connectivity index is 2.55. The highest BCUT2D eigenvalue weighted by atomic mass is 16.4. The van der Waals surface area contributed by atoms with Gasteiger partial charge in [-0.2, -0.15) is 0 Å². The first-order valence-electron chi connectivity index (χ1n) is 5.24. The van der Waals surface area contributed by atoms with Crippen molar-refractivity contribution in [2.45, 2.75) is 26.2 Å². The summed E-state index contributed by atoms with van der Waals surface area (Å²) in [6, 6.07) is 0. The standard InChI is InChI=1S/C12H16O3/c1-2-3-4-5-10-9(8-12(14)15)6-7-11(10)13/h3-4,6-7,9-10H,2,5,8H2,1H3,(H,14,15)/b4-3-. The van der Waals surface area contributed by atoms with Crippen molar-refractivity contribution in [2.75, 3.05) is 0 Å². The molecule has 0 amide bonds. The molecule has 0 bridgehead atoms. The van der Waals surface area contributed by atoms with Crippen LogP contribution in [0.2, 0.25) is 0 Å². The Bertz CT molecular complexity index is 302. The molecule has 1 rings (SSSR count). The van der Waals surface area contributed by atoms with Gasteiger partial charge < -0.3 is 5.11 Å². The average molecular weight is 208 g/mol. The van der Waals surface area contributed by atoms with Gasteiger partial charge in [0.05, 0.1) is 6.42 Å². The van der Waals surface area contributed by atoms with Crippen LogP contribution in [0.4, 0.5) is 0 Å². The number of aliphatic carboxylic acids is 1. The number of carbonyl (C=O) groups excluding carboxylic acids is 1. The third-order valence-corrected chi connectivity index (χ3v) is 2.59. The second-order valence-corrected chi connectivity index (χ2v) is 3.75. The summed E-state index contributed by atoms with van der Waals surface area (Å²) >= 11 is 0. The molecule has 15 heavy (non-hydrogen) atoms. The normalized spacial score (nSPS) is 25.3. The fourth-order valence-corrected chi connectivity index (χ4v) is 1.80. The van der Waals surface area contributed by atoms with E-state index in [0.717, 1.165) is 6.42 Å². The topological polar surface area (TPSA) is 54.4 Å². The van der Waals surface area contributed by atoms with E-state index in [9.17, 15) is 9.59 Å². The molecule has 1 N–H and O–H groups in total. The van der Waals surface area contributed by atoms with Gasteiger partial charge in [0.2, 0.25) is 0 Å². The minimum Gasteiger partial charge on any atom is -0.481 e. The molecule has 0 spiro atoms. The molecule has 0 aromatic carbocycles. The van der Waals surface area contributed by atoms with E-state index in [1.165, 1.54) is 6.08 Å². The second kappa shape index (κ2) is 5.49. The van der Waals surface area contributed by atoms with Gasteiger partial charge in [0, 0.05) is 5.92 Å². The van der Waals surface area contributed by atoms with Crippen LogP contribution < -0.4 is 0 Å². The largest absolute Gasteiger partial charge is 0.481 e. The molecule has 0 aromatic rings. The highest BCUT2D eigenvalue weighted by molar-refractivity contribution is 5.95. The first-order chi connectivity index (χ1) is 7.15. The predicted octanol–water partition coefficient (Wildman–Crippen LogP) is 2.19. The fraction of sp³-hybridized carbons (Fsp3) is 0.500. The lowest BCUT2D eigenvalue weighted by atomic mass is 9.89. The zero-order valence-corrected chi connectivity index (χ0v) is 8.85. The molecule has 0 heterocycles. The molecule has 3 heteroatoms. The molecule has 0 radical (unpaired) electrons. The van der Waals surface area contributed by atoms with Crippen LogP contribution in [-0.4, -0.2) is 16.9 Å². The maximum atomic E-state index is 11.4. The third-order valence-electron chi connectivity index (χ3n) is 2.59. The summed E-state index contributed by atoms with van der Waals surface area (Å²) in [5.74, 6) is -1.08. The summed E-state index contributed by atoms with van der Waals surface area (Å²) < 4.78 is 0. The molecule has 0 saturated heterocycles. The van der Waals surface area contributed by atoms with Crippen LogP contribution in [0.5, 0.6) is 0 Å². The van der Waals surface area contributed by atoms with E-state index in [4.69, 9.17) is 5.11 Å². The van der Waals surface area contributed by atoms with Crippen molar-refractivity contribution >= 4 is 11.8 Å². The van der Waals surface area contributed by atoms with Crippen molar-refractivity contribution in [2.24, 2.45) is 11.8 Å². The molecule has 3 nitrogen and oxygen atoms in total. The first-order valence-corrected chi connectivity index (χ1v) is 5.24. The van der Waals surface area contributed by atoms with Crippen molar-refractivity contribution in [1.82, 2.24) is 0 Å². The summed E-state index contributed by atoms with van der Waals surface area (Å²) in [7, 11) is 0. The van der Waals surface area contributed by atoms with Gasteiger partial charge in [0.15, 0.2) is 5.78 Å². The van der Waals surface area contributed by atoms with Crippen molar-refractivity contribution in [3.05, 3.63) is 24.3 Å². The summed E-state index contributed by atoms with van der Waals surface area (Å²) in [5, 5.41) is 8.69. The number of allylic oxidation sites excluding steroid dienone is 4. The minimum absolute atomic E-state index is 0.0485. The van der Waals surface area contributed by atoms with E-state index in [2.05, 4.69) is 0 Å². The van der Waals surface area contributed by atoms with Gasteiger partial charge in [-0.15, -0.1) is 0 Å². The molecule has 1 aliphatic carbocycles. The Morgan fingerprint density at radius 3 is 2.87 bits per heavy atom. The maximum absolute atomic E-state index is 11.4. The third kappa shape index (κ3) is 3.35. The zero-order chi connectivity index (χ0) is 11.3. The number of carboxylic acid groups (broad SMARTS) is 1. The van der Waals surface area contributed by atoms with E-state index in [-0.39, 0.29) is 24.0 Å². The second-order valence-electron chi connectivity index (χ2n) is 3.75. The lowest BCUT2D eigenvalue weighted by molar-refractivity contribution is -0.138. The van der Waals surface area contributed by atoms with E-state index < -0.39 is 5.97 Å². The van der Waals surface area contributed by atoms with Crippen LogP contribution in [0.25, 0.3) is 0 Å². The van der Waals surface area contributed by atoms with E-state index in [1.54, 1.807) is 6.08 Å². The smallest absolute Gasteiger partial charge is 0.303 e. The Morgan fingerprint density at radius 1 is 1.53 bits per heavy atom. The van der Waals surface area contributed by atoms with Crippen molar-refractivity contribution < 1.29 is 14.7 Å². The monoisotopic (exact) mass is 208 g/mol. The molecule has 1 aliphatic rings. The first kappa shape index (κ1) is 11.7. The minimum atomic E-state index is -0.844. The summed E-state index contributed by atoms with van der Waals surface area (Å²) in [4.78, 5) is 22.0. The molecular weight excluding hydrogens is 192 g/mol. The van der Waals surface area contributed by atoms with Gasteiger partial charge in [-0.3, -0.25) is 9.59 Å². The van der Waals surface area contributed by atoms with Crippen LogP contribution in [-0.2, 0) is 9.59 Å². The lowest BCUT2D eigenvalue weighted by Crippen LogP contribution is -2.18.